The average molecular weight is 332 g/mol. The lowest BCUT2D eigenvalue weighted by molar-refractivity contribution is 0.518. The van der Waals surface area contributed by atoms with Crippen molar-refractivity contribution in [3.8, 4) is 0 Å². The van der Waals surface area contributed by atoms with E-state index in [1.807, 2.05) is 6.07 Å². The maximum Gasteiger partial charge on any atom is 0.139 e. The van der Waals surface area contributed by atoms with Gasteiger partial charge in [0.05, 0.1) is 21.4 Å². The summed E-state index contributed by atoms with van der Waals surface area (Å²) in [7, 11) is 0. The van der Waals surface area contributed by atoms with Gasteiger partial charge in [-0.1, -0.05) is 12.8 Å². The predicted molar refractivity (Wildman–Crippen MR) is 74.5 cm³/mol. The molecule has 3 rings (SSSR count). The number of aromatic nitrogens is 2. The number of alkyl halides is 1. The van der Waals surface area contributed by atoms with Crippen molar-refractivity contribution in [3.63, 3.8) is 0 Å². The third-order valence-electron chi connectivity index (χ3n) is 3.61. The molecule has 5 heteroatoms. The van der Waals surface area contributed by atoms with Crippen molar-refractivity contribution in [1.29, 1.82) is 0 Å². The van der Waals surface area contributed by atoms with Crippen LogP contribution in [0.25, 0.3) is 11.0 Å². The van der Waals surface area contributed by atoms with Gasteiger partial charge in [-0.25, -0.2) is 9.37 Å². The van der Waals surface area contributed by atoms with Gasteiger partial charge in [0, 0.05) is 12.1 Å². The van der Waals surface area contributed by atoms with Gasteiger partial charge in [0.2, 0.25) is 0 Å². The molecule has 0 saturated heterocycles. The summed E-state index contributed by atoms with van der Waals surface area (Å²) in [6.45, 7) is 0. The molecule has 1 aromatic heterocycles. The van der Waals surface area contributed by atoms with Crippen LogP contribution in [0.15, 0.2) is 16.6 Å². The molecule has 0 N–H and O–H groups in total. The second kappa shape index (κ2) is 4.82. The van der Waals surface area contributed by atoms with E-state index in [0.717, 1.165) is 24.2 Å². The summed E-state index contributed by atoms with van der Waals surface area (Å²) in [6.07, 6.45) is 4.80. The number of halogens is 3. The quantitative estimate of drug-likeness (QED) is 0.723. The largest absolute Gasteiger partial charge is 0.324 e. The molecule has 96 valence electrons. The molecule has 0 spiro atoms. The van der Waals surface area contributed by atoms with E-state index >= 15 is 0 Å². The SMILES string of the molecule is Fc1cc2nc(CCl)n(C3CCCC3)c2cc1Br. The van der Waals surface area contributed by atoms with Gasteiger partial charge < -0.3 is 4.57 Å². The highest BCUT2D eigenvalue weighted by molar-refractivity contribution is 9.10. The van der Waals surface area contributed by atoms with Crippen molar-refractivity contribution in [2.75, 3.05) is 0 Å². The Bertz CT molecular complexity index is 590. The molecular formula is C13H13BrClFN2. The van der Waals surface area contributed by atoms with Gasteiger partial charge in [0.15, 0.2) is 0 Å². The van der Waals surface area contributed by atoms with Crippen molar-refractivity contribution in [2.24, 2.45) is 0 Å². The Balaban J connectivity index is 2.23. The van der Waals surface area contributed by atoms with Gasteiger partial charge in [-0.05, 0) is 34.8 Å². The first-order valence-electron chi connectivity index (χ1n) is 6.12. The van der Waals surface area contributed by atoms with Crippen LogP contribution in [0.3, 0.4) is 0 Å². The number of nitrogens with zero attached hydrogens (tertiary/aromatic N) is 2. The normalized spacial score (nSPS) is 16.8. The number of imidazole rings is 1. The maximum absolute atomic E-state index is 13.5. The molecule has 1 aliphatic rings. The fraction of sp³-hybridized carbons (Fsp3) is 0.462. The topological polar surface area (TPSA) is 17.8 Å². The standard InChI is InChI=1S/C13H13BrClFN2/c14-9-5-12-11(6-10(9)16)17-13(7-15)18(12)8-3-1-2-4-8/h5-6,8H,1-4,7H2. The predicted octanol–water partition coefficient (Wildman–Crippen LogP) is 4.79. The lowest BCUT2D eigenvalue weighted by atomic mass is 10.2. The van der Waals surface area contributed by atoms with Gasteiger partial charge in [-0.15, -0.1) is 11.6 Å². The second-order valence-electron chi connectivity index (χ2n) is 4.72. The van der Waals surface area contributed by atoms with Crippen molar-refractivity contribution < 1.29 is 4.39 Å². The molecule has 0 unspecified atom stereocenters. The molecule has 1 heterocycles. The third kappa shape index (κ3) is 1.95. The van der Waals surface area contributed by atoms with E-state index in [1.54, 1.807) is 0 Å². The minimum atomic E-state index is -0.278. The van der Waals surface area contributed by atoms with Crippen molar-refractivity contribution >= 4 is 38.6 Å². The van der Waals surface area contributed by atoms with Crippen LogP contribution in [0.5, 0.6) is 0 Å². The molecule has 0 bridgehead atoms. The molecule has 0 aliphatic heterocycles. The minimum Gasteiger partial charge on any atom is -0.324 e. The molecule has 0 atom stereocenters. The zero-order chi connectivity index (χ0) is 12.7. The third-order valence-corrected chi connectivity index (χ3v) is 4.46. The van der Waals surface area contributed by atoms with Crippen LogP contribution in [0.2, 0.25) is 0 Å². The van der Waals surface area contributed by atoms with Crippen LogP contribution in [-0.4, -0.2) is 9.55 Å². The summed E-state index contributed by atoms with van der Waals surface area (Å²) in [5, 5.41) is 0. The summed E-state index contributed by atoms with van der Waals surface area (Å²) < 4.78 is 16.2. The zero-order valence-electron chi connectivity index (χ0n) is 9.80. The highest BCUT2D eigenvalue weighted by Crippen LogP contribution is 2.35. The van der Waals surface area contributed by atoms with Crippen LogP contribution in [0.4, 0.5) is 4.39 Å². The number of hydrogen-bond acceptors (Lipinski definition) is 1. The first kappa shape index (κ1) is 12.4. The molecule has 2 nitrogen and oxygen atoms in total. The monoisotopic (exact) mass is 330 g/mol. The van der Waals surface area contributed by atoms with E-state index in [4.69, 9.17) is 11.6 Å². The summed E-state index contributed by atoms with van der Waals surface area (Å²) >= 11 is 9.21. The van der Waals surface area contributed by atoms with E-state index in [0.29, 0.717) is 21.9 Å². The lowest BCUT2D eigenvalue weighted by Crippen LogP contribution is -2.08. The van der Waals surface area contributed by atoms with Crippen LogP contribution >= 0.6 is 27.5 Å². The molecule has 1 saturated carbocycles. The van der Waals surface area contributed by atoms with E-state index in [9.17, 15) is 4.39 Å². The van der Waals surface area contributed by atoms with Crippen molar-refractivity contribution in [2.45, 2.75) is 37.6 Å². The zero-order valence-corrected chi connectivity index (χ0v) is 12.1. The van der Waals surface area contributed by atoms with Gasteiger partial charge in [-0.3, -0.25) is 0 Å². The summed E-state index contributed by atoms with van der Waals surface area (Å²) in [5.74, 6) is 0.931. The number of rotatable bonds is 2. The van der Waals surface area contributed by atoms with E-state index in [1.165, 1.54) is 18.9 Å². The molecule has 0 amide bonds. The molecule has 2 aromatic rings. The van der Waals surface area contributed by atoms with Crippen LogP contribution in [0.1, 0.15) is 37.5 Å². The Hall–Kier alpha value is -0.610. The molecule has 18 heavy (non-hydrogen) atoms. The smallest absolute Gasteiger partial charge is 0.139 e. The lowest BCUT2D eigenvalue weighted by Gasteiger charge is -2.15. The maximum atomic E-state index is 13.5. The van der Waals surface area contributed by atoms with Crippen LogP contribution in [0, 0.1) is 5.82 Å². The summed E-state index contributed by atoms with van der Waals surface area (Å²) in [6, 6.07) is 3.74. The van der Waals surface area contributed by atoms with Crippen LogP contribution in [-0.2, 0) is 5.88 Å². The Labute approximate surface area is 118 Å². The summed E-state index contributed by atoms with van der Waals surface area (Å²) in [5.41, 5.74) is 1.67. The Morgan fingerprint density at radius 3 is 2.78 bits per heavy atom. The Morgan fingerprint density at radius 1 is 1.39 bits per heavy atom. The van der Waals surface area contributed by atoms with Crippen molar-refractivity contribution in [1.82, 2.24) is 9.55 Å². The number of hydrogen-bond donors (Lipinski definition) is 0. The Morgan fingerprint density at radius 2 is 2.11 bits per heavy atom. The molecular weight excluding hydrogens is 319 g/mol. The molecule has 0 radical (unpaired) electrons. The van der Waals surface area contributed by atoms with Gasteiger partial charge in [-0.2, -0.15) is 0 Å². The summed E-state index contributed by atoms with van der Waals surface area (Å²) in [4.78, 5) is 4.45. The first-order valence-corrected chi connectivity index (χ1v) is 7.45. The van der Waals surface area contributed by atoms with E-state index < -0.39 is 0 Å². The average Bonchev–Trinajstić information content (AvgIpc) is 2.96. The minimum absolute atomic E-state index is 0.278. The fourth-order valence-electron chi connectivity index (χ4n) is 2.80. The van der Waals surface area contributed by atoms with E-state index in [-0.39, 0.29) is 5.82 Å². The Kier molecular flexibility index (Phi) is 3.32. The van der Waals surface area contributed by atoms with Crippen molar-refractivity contribution in [3.05, 3.63) is 28.2 Å². The van der Waals surface area contributed by atoms with Gasteiger partial charge in [0.1, 0.15) is 11.6 Å². The molecule has 1 aliphatic carbocycles. The highest BCUT2D eigenvalue weighted by Gasteiger charge is 2.22. The molecule has 1 fully saturated rings. The van der Waals surface area contributed by atoms with E-state index in [2.05, 4.69) is 25.5 Å². The van der Waals surface area contributed by atoms with Crippen LogP contribution < -0.4 is 0 Å². The number of fused-ring (bicyclic) bond motifs is 1. The molecule has 1 aromatic carbocycles. The highest BCUT2D eigenvalue weighted by atomic mass is 79.9. The fourth-order valence-corrected chi connectivity index (χ4v) is 3.32. The van der Waals surface area contributed by atoms with Gasteiger partial charge >= 0.3 is 0 Å². The second-order valence-corrected chi connectivity index (χ2v) is 5.85. The number of benzene rings is 1. The van der Waals surface area contributed by atoms with Gasteiger partial charge in [0.25, 0.3) is 0 Å². The first-order chi connectivity index (χ1) is 8.70.